The molecule has 0 bridgehead atoms. The lowest BCUT2D eigenvalue weighted by molar-refractivity contribution is -0.122. The minimum Gasteiger partial charge on any atom is -0.393 e. The van der Waals surface area contributed by atoms with Crippen molar-refractivity contribution < 1.29 is 9.90 Å². The van der Waals surface area contributed by atoms with Crippen LogP contribution < -0.4 is 11.1 Å². The van der Waals surface area contributed by atoms with Crippen LogP contribution in [0.3, 0.4) is 0 Å². The van der Waals surface area contributed by atoms with Gasteiger partial charge in [0.15, 0.2) is 0 Å². The van der Waals surface area contributed by atoms with Gasteiger partial charge in [0.1, 0.15) is 6.04 Å². The van der Waals surface area contributed by atoms with Crippen LogP contribution >= 0.6 is 0 Å². The standard InChI is InChI=1S/C13H22N4O2/c1-17-8-10(7-16-17)12(14)13(19)15-6-9-4-2-3-5-11(9)18/h7-9,11-12,18H,2-6,14H2,1H3,(H,15,19). The van der Waals surface area contributed by atoms with Crippen LogP contribution in [0.1, 0.15) is 37.3 Å². The fourth-order valence-electron chi connectivity index (χ4n) is 2.52. The number of hydrogen-bond donors (Lipinski definition) is 3. The Morgan fingerprint density at radius 1 is 1.63 bits per heavy atom. The number of carbonyl (C=O) groups excluding carboxylic acids is 1. The Morgan fingerprint density at radius 2 is 2.37 bits per heavy atom. The maximum atomic E-state index is 11.9. The van der Waals surface area contributed by atoms with Gasteiger partial charge in [-0.1, -0.05) is 12.8 Å². The highest BCUT2D eigenvalue weighted by Crippen LogP contribution is 2.23. The quantitative estimate of drug-likeness (QED) is 0.720. The minimum atomic E-state index is -0.700. The molecular weight excluding hydrogens is 244 g/mol. The molecule has 0 spiro atoms. The largest absolute Gasteiger partial charge is 0.393 e. The number of nitrogens with two attached hydrogens (primary N) is 1. The lowest BCUT2D eigenvalue weighted by atomic mass is 9.86. The highest BCUT2D eigenvalue weighted by molar-refractivity contribution is 5.82. The van der Waals surface area contributed by atoms with Gasteiger partial charge in [0.25, 0.3) is 0 Å². The fraction of sp³-hybridized carbons (Fsp3) is 0.692. The van der Waals surface area contributed by atoms with E-state index in [4.69, 9.17) is 5.73 Å². The lowest BCUT2D eigenvalue weighted by Gasteiger charge is -2.28. The van der Waals surface area contributed by atoms with Crippen molar-refractivity contribution in [3.8, 4) is 0 Å². The van der Waals surface area contributed by atoms with Gasteiger partial charge in [-0.3, -0.25) is 9.48 Å². The van der Waals surface area contributed by atoms with Gasteiger partial charge in [0, 0.05) is 31.3 Å². The maximum absolute atomic E-state index is 11.9. The molecule has 1 amide bonds. The number of nitrogens with zero attached hydrogens (tertiary/aromatic N) is 2. The van der Waals surface area contributed by atoms with Crippen molar-refractivity contribution in [3.63, 3.8) is 0 Å². The number of carbonyl (C=O) groups is 1. The zero-order chi connectivity index (χ0) is 13.8. The summed E-state index contributed by atoms with van der Waals surface area (Å²) in [6.07, 6.45) is 7.01. The van der Waals surface area contributed by atoms with Crippen molar-refractivity contribution in [3.05, 3.63) is 18.0 Å². The van der Waals surface area contributed by atoms with E-state index in [2.05, 4.69) is 10.4 Å². The number of hydrogen-bond acceptors (Lipinski definition) is 4. The third kappa shape index (κ3) is 3.54. The van der Waals surface area contributed by atoms with E-state index in [0.29, 0.717) is 12.1 Å². The van der Waals surface area contributed by atoms with Crippen LogP contribution in [0.25, 0.3) is 0 Å². The van der Waals surface area contributed by atoms with Gasteiger partial charge in [-0.25, -0.2) is 0 Å². The Morgan fingerprint density at radius 3 is 3.00 bits per heavy atom. The van der Waals surface area contributed by atoms with E-state index in [0.717, 1.165) is 25.7 Å². The van der Waals surface area contributed by atoms with E-state index in [-0.39, 0.29) is 17.9 Å². The maximum Gasteiger partial charge on any atom is 0.241 e. The molecule has 1 aromatic heterocycles. The summed E-state index contributed by atoms with van der Waals surface area (Å²) in [5.74, 6) is -0.0652. The van der Waals surface area contributed by atoms with Crippen LogP contribution in [0, 0.1) is 5.92 Å². The van der Waals surface area contributed by atoms with Crippen LogP contribution in [-0.4, -0.2) is 33.4 Å². The summed E-state index contributed by atoms with van der Waals surface area (Å²) in [4.78, 5) is 11.9. The third-order valence-electron chi connectivity index (χ3n) is 3.77. The smallest absolute Gasteiger partial charge is 0.241 e. The summed E-state index contributed by atoms with van der Waals surface area (Å²) < 4.78 is 1.62. The average Bonchev–Trinajstić information content (AvgIpc) is 2.83. The molecule has 106 valence electrons. The normalized spacial score (nSPS) is 25.0. The number of aromatic nitrogens is 2. The molecule has 6 nitrogen and oxygen atoms in total. The summed E-state index contributed by atoms with van der Waals surface area (Å²) in [6.45, 7) is 0.494. The third-order valence-corrected chi connectivity index (χ3v) is 3.77. The first-order chi connectivity index (χ1) is 9.08. The molecule has 3 atom stereocenters. The van der Waals surface area contributed by atoms with E-state index in [1.165, 1.54) is 0 Å². The van der Waals surface area contributed by atoms with Gasteiger partial charge < -0.3 is 16.2 Å². The van der Waals surface area contributed by atoms with E-state index in [1.807, 2.05) is 0 Å². The van der Waals surface area contributed by atoms with Gasteiger partial charge in [-0.05, 0) is 12.8 Å². The zero-order valence-corrected chi connectivity index (χ0v) is 11.2. The average molecular weight is 266 g/mol. The summed E-state index contributed by atoms with van der Waals surface area (Å²) in [5, 5.41) is 16.7. The lowest BCUT2D eigenvalue weighted by Crippen LogP contribution is -2.40. The van der Waals surface area contributed by atoms with Crippen molar-refractivity contribution in [2.45, 2.75) is 37.8 Å². The monoisotopic (exact) mass is 266 g/mol. The van der Waals surface area contributed by atoms with Crippen molar-refractivity contribution in [1.82, 2.24) is 15.1 Å². The SMILES string of the molecule is Cn1cc(C(N)C(=O)NCC2CCCCC2O)cn1. The Balaban J connectivity index is 1.83. The number of amides is 1. The molecule has 19 heavy (non-hydrogen) atoms. The number of nitrogens with one attached hydrogen (secondary N) is 1. The topological polar surface area (TPSA) is 93.2 Å². The molecular formula is C13H22N4O2. The fourth-order valence-corrected chi connectivity index (χ4v) is 2.52. The van der Waals surface area contributed by atoms with E-state index in [1.54, 1.807) is 24.1 Å². The molecule has 6 heteroatoms. The van der Waals surface area contributed by atoms with Crippen molar-refractivity contribution in [1.29, 1.82) is 0 Å². The second-order valence-corrected chi connectivity index (χ2v) is 5.28. The second kappa shape index (κ2) is 6.16. The Labute approximate surface area is 113 Å². The van der Waals surface area contributed by atoms with Crippen molar-refractivity contribution >= 4 is 5.91 Å². The van der Waals surface area contributed by atoms with Gasteiger partial charge >= 0.3 is 0 Å². The first-order valence-electron chi connectivity index (χ1n) is 6.78. The summed E-state index contributed by atoms with van der Waals surface area (Å²) >= 11 is 0. The van der Waals surface area contributed by atoms with Gasteiger partial charge in [-0.15, -0.1) is 0 Å². The number of aliphatic hydroxyl groups is 1. The van der Waals surface area contributed by atoms with E-state index >= 15 is 0 Å². The van der Waals surface area contributed by atoms with Crippen LogP contribution in [0.5, 0.6) is 0 Å². The molecule has 0 aromatic carbocycles. The predicted molar refractivity (Wildman–Crippen MR) is 71.1 cm³/mol. The molecule has 1 heterocycles. The molecule has 0 saturated heterocycles. The van der Waals surface area contributed by atoms with Crippen molar-refractivity contribution in [2.24, 2.45) is 18.7 Å². The molecule has 1 aliphatic rings. The Hall–Kier alpha value is -1.40. The molecule has 4 N–H and O–H groups in total. The number of rotatable bonds is 4. The minimum absolute atomic E-state index is 0.152. The molecule has 1 fully saturated rings. The summed E-state index contributed by atoms with van der Waals surface area (Å²) in [6, 6.07) is -0.700. The zero-order valence-electron chi connectivity index (χ0n) is 11.2. The van der Waals surface area contributed by atoms with E-state index < -0.39 is 6.04 Å². The molecule has 1 aliphatic carbocycles. The Kier molecular flexibility index (Phi) is 4.55. The predicted octanol–water partition coefficient (Wildman–Crippen LogP) is 0.0872. The number of aliphatic hydroxyl groups excluding tert-OH is 1. The summed E-state index contributed by atoms with van der Waals surface area (Å²) in [7, 11) is 1.78. The first-order valence-corrected chi connectivity index (χ1v) is 6.78. The highest BCUT2D eigenvalue weighted by atomic mass is 16.3. The molecule has 1 aromatic rings. The molecule has 0 radical (unpaired) electrons. The number of aryl methyl sites for hydroxylation is 1. The van der Waals surface area contributed by atoms with Crippen LogP contribution in [0.15, 0.2) is 12.4 Å². The van der Waals surface area contributed by atoms with Crippen molar-refractivity contribution in [2.75, 3.05) is 6.54 Å². The Bertz CT molecular complexity index is 432. The second-order valence-electron chi connectivity index (χ2n) is 5.28. The van der Waals surface area contributed by atoms with Gasteiger partial charge in [0.05, 0.1) is 12.3 Å². The molecule has 0 aliphatic heterocycles. The van der Waals surface area contributed by atoms with Crippen LogP contribution in [-0.2, 0) is 11.8 Å². The molecule has 1 saturated carbocycles. The van der Waals surface area contributed by atoms with Crippen LogP contribution in [0.2, 0.25) is 0 Å². The molecule has 2 rings (SSSR count). The van der Waals surface area contributed by atoms with Crippen LogP contribution in [0.4, 0.5) is 0 Å². The molecule has 3 unspecified atom stereocenters. The van der Waals surface area contributed by atoms with Gasteiger partial charge in [0.2, 0.25) is 5.91 Å². The van der Waals surface area contributed by atoms with E-state index in [9.17, 15) is 9.90 Å². The first kappa shape index (κ1) is 14.0. The van der Waals surface area contributed by atoms with Gasteiger partial charge in [-0.2, -0.15) is 5.10 Å². The highest BCUT2D eigenvalue weighted by Gasteiger charge is 2.24. The summed E-state index contributed by atoms with van der Waals surface area (Å²) in [5.41, 5.74) is 6.57.